The molecule has 1 aliphatic carbocycles. The van der Waals surface area contributed by atoms with Crippen LogP contribution in [0.25, 0.3) is 0 Å². The van der Waals surface area contributed by atoms with E-state index in [1.165, 1.54) is 12.1 Å². The van der Waals surface area contributed by atoms with Crippen LogP contribution in [0, 0.1) is 5.92 Å². The Balaban J connectivity index is 1.58. The minimum absolute atomic E-state index is 0.167. The van der Waals surface area contributed by atoms with E-state index in [0.29, 0.717) is 0 Å². The van der Waals surface area contributed by atoms with Gasteiger partial charge in [0, 0.05) is 37.8 Å². The molecule has 1 amide bonds. The van der Waals surface area contributed by atoms with Gasteiger partial charge in [0.2, 0.25) is 5.91 Å². The van der Waals surface area contributed by atoms with Gasteiger partial charge in [-0.25, -0.2) is 0 Å². The Morgan fingerprint density at radius 1 is 0.960 bits per heavy atom. The molecule has 0 aromatic heterocycles. The van der Waals surface area contributed by atoms with Crippen LogP contribution < -0.4 is 15.1 Å². The number of hydrogen-bond acceptors (Lipinski definition) is 5. The van der Waals surface area contributed by atoms with Crippen molar-refractivity contribution in [3.8, 4) is 0 Å². The molecular weight excluding hydrogens is 318 g/mol. The van der Waals surface area contributed by atoms with Crippen LogP contribution in [0.1, 0.15) is 19.3 Å². The van der Waals surface area contributed by atoms with Gasteiger partial charge in [0.15, 0.2) is 0 Å². The summed E-state index contributed by atoms with van der Waals surface area (Å²) in [5.74, 6) is 0.358. The van der Waals surface area contributed by atoms with E-state index in [1.807, 2.05) is 0 Å². The number of nitrogens with one attached hydrogen (secondary N) is 1. The number of benzene rings is 1. The van der Waals surface area contributed by atoms with Crippen molar-refractivity contribution in [2.75, 3.05) is 67.7 Å². The molecule has 2 saturated heterocycles. The Kier molecular flexibility index (Phi) is 5.08. The first kappa shape index (κ1) is 16.7. The fourth-order valence-corrected chi connectivity index (χ4v) is 3.62. The maximum Gasteiger partial charge on any atom is 0.227 e. The molecule has 3 aliphatic rings. The standard InChI is InChI=1S/C19H27N3O3/c23-19(15-2-1-3-15)20-17-5-4-16(21-6-10-24-11-7-21)14-18(17)22-8-12-25-13-9-22/h4-5,14-15H,1-3,6-13H2,(H,20,23). The third-order valence-electron chi connectivity index (χ3n) is 5.44. The molecule has 136 valence electrons. The van der Waals surface area contributed by atoms with Crippen LogP contribution in [0.3, 0.4) is 0 Å². The van der Waals surface area contributed by atoms with Crippen molar-refractivity contribution in [1.29, 1.82) is 0 Å². The molecule has 4 rings (SSSR count). The van der Waals surface area contributed by atoms with Crippen molar-refractivity contribution in [3.63, 3.8) is 0 Å². The molecule has 2 aliphatic heterocycles. The minimum atomic E-state index is 0.167. The SMILES string of the molecule is O=C(Nc1ccc(N2CCOCC2)cc1N1CCOCC1)C1CCC1. The predicted molar refractivity (Wildman–Crippen MR) is 98.5 cm³/mol. The van der Waals surface area contributed by atoms with Gasteiger partial charge < -0.3 is 24.6 Å². The third-order valence-corrected chi connectivity index (χ3v) is 5.44. The largest absolute Gasteiger partial charge is 0.378 e. The summed E-state index contributed by atoms with van der Waals surface area (Å²) in [5.41, 5.74) is 3.24. The molecule has 0 atom stereocenters. The summed E-state index contributed by atoms with van der Waals surface area (Å²) >= 11 is 0. The van der Waals surface area contributed by atoms with Crippen LogP contribution in [-0.2, 0) is 14.3 Å². The molecule has 1 saturated carbocycles. The van der Waals surface area contributed by atoms with Gasteiger partial charge in [-0.3, -0.25) is 4.79 Å². The summed E-state index contributed by atoms with van der Waals surface area (Å²) < 4.78 is 11.0. The minimum Gasteiger partial charge on any atom is -0.378 e. The quantitative estimate of drug-likeness (QED) is 0.906. The van der Waals surface area contributed by atoms with Crippen molar-refractivity contribution < 1.29 is 14.3 Å². The number of hydrogen-bond donors (Lipinski definition) is 1. The van der Waals surface area contributed by atoms with Gasteiger partial charge >= 0.3 is 0 Å². The van der Waals surface area contributed by atoms with Crippen molar-refractivity contribution in [3.05, 3.63) is 18.2 Å². The number of anilines is 3. The van der Waals surface area contributed by atoms with Gasteiger partial charge in [-0.15, -0.1) is 0 Å². The van der Waals surface area contributed by atoms with Crippen molar-refractivity contribution in [2.45, 2.75) is 19.3 Å². The Morgan fingerprint density at radius 2 is 1.60 bits per heavy atom. The molecule has 1 aromatic rings. The van der Waals surface area contributed by atoms with Crippen LogP contribution in [0.4, 0.5) is 17.1 Å². The van der Waals surface area contributed by atoms with Crippen LogP contribution in [0.15, 0.2) is 18.2 Å². The highest BCUT2D eigenvalue weighted by Gasteiger charge is 2.27. The number of carbonyl (C=O) groups is 1. The lowest BCUT2D eigenvalue weighted by atomic mass is 9.85. The van der Waals surface area contributed by atoms with E-state index in [4.69, 9.17) is 9.47 Å². The zero-order chi connectivity index (χ0) is 17.1. The second-order valence-electron chi connectivity index (χ2n) is 7.02. The van der Waals surface area contributed by atoms with Gasteiger partial charge in [-0.2, -0.15) is 0 Å². The van der Waals surface area contributed by atoms with Crippen LogP contribution >= 0.6 is 0 Å². The monoisotopic (exact) mass is 345 g/mol. The third kappa shape index (κ3) is 3.75. The average Bonchev–Trinajstić information content (AvgIpc) is 2.62. The predicted octanol–water partition coefficient (Wildman–Crippen LogP) is 2.10. The number of carbonyl (C=O) groups excluding carboxylic acids is 1. The van der Waals surface area contributed by atoms with Gasteiger partial charge in [0.05, 0.1) is 37.8 Å². The number of nitrogens with zero attached hydrogens (tertiary/aromatic N) is 2. The lowest BCUT2D eigenvalue weighted by Crippen LogP contribution is -2.38. The van der Waals surface area contributed by atoms with Crippen LogP contribution in [-0.4, -0.2) is 58.5 Å². The second kappa shape index (κ2) is 7.62. The summed E-state index contributed by atoms with van der Waals surface area (Å²) in [4.78, 5) is 17.1. The zero-order valence-electron chi connectivity index (χ0n) is 14.7. The van der Waals surface area contributed by atoms with E-state index in [9.17, 15) is 4.79 Å². The molecule has 0 radical (unpaired) electrons. The smallest absolute Gasteiger partial charge is 0.227 e. The van der Waals surface area contributed by atoms with E-state index in [0.717, 1.165) is 76.8 Å². The highest BCUT2D eigenvalue weighted by atomic mass is 16.5. The van der Waals surface area contributed by atoms with Gasteiger partial charge in [0.1, 0.15) is 0 Å². The first-order valence-electron chi connectivity index (χ1n) is 9.41. The summed E-state index contributed by atoms with van der Waals surface area (Å²) in [6, 6.07) is 6.39. The van der Waals surface area contributed by atoms with Crippen molar-refractivity contribution in [1.82, 2.24) is 0 Å². The molecule has 1 N–H and O–H groups in total. The Labute approximate surface area is 149 Å². The van der Waals surface area contributed by atoms with Gasteiger partial charge in [0.25, 0.3) is 0 Å². The number of morpholine rings is 2. The van der Waals surface area contributed by atoms with Gasteiger partial charge in [-0.1, -0.05) is 6.42 Å². The van der Waals surface area contributed by atoms with E-state index in [1.54, 1.807) is 0 Å². The average molecular weight is 345 g/mol. The second-order valence-corrected chi connectivity index (χ2v) is 7.02. The molecule has 3 fully saturated rings. The first-order chi connectivity index (χ1) is 12.3. The maximum atomic E-state index is 12.4. The number of amides is 1. The lowest BCUT2D eigenvalue weighted by Gasteiger charge is -2.34. The fraction of sp³-hybridized carbons (Fsp3) is 0.632. The van der Waals surface area contributed by atoms with E-state index in [-0.39, 0.29) is 11.8 Å². The highest BCUT2D eigenvalue weighted by molar-refractivity contribution is 5.96. The van der Waals surface area contributed by atoms with Crippen LogP contribution in [0.5, 0.6) is 0 Å². The highest BCUT2D eigenvalue weighted by Crippen LogP contribution is 2.34. The summed E-state index contributed by atoms with van der Waals surface area (Å²) in [5, 5.41) is 3.18. The topological polar surface area (TPSA) is 54.0 Å². The number of ether oxygens (including phenoxy) is 2. The molecule has 1 aromatic carbocycles. The van der Waals surface area contributed by atoms with E-state index in [2.05, 4.69) is 33.3 Å². The summed E-state index contributed by atoms with van der Waals surface area (Å²) in [7, 11) is 0. The number of rotatable bonds is 4. The van der Waals surface area contributed by atoms with E-state index >= 15 is 0 Å². The Hall–Kier alpha value is -1.79. The molecule has 0 spiro atoms. The normalized spacial score (nSPS) is 21.8. The summed E-state index contributed by atoms with van der Waals surface area (Å²) in [6.45, 7) is 6.56. The summed E-state index contributed by atoms with van der Waals surface area (Å²) in [6.07, 6.45) is 3.21. The molecule has 2 heterocycles. The zero-order valence-corrected chi connectivity index (χ0v) is 14.7. The van der Waals surface area contributed by atoms with Crippen LogP contribution in [0.2, 0.25) is 0 Å². The van der Waals surface area contributed by atoms with E-state index < -0.39 is 0 Å². The van der Waals surface area contributed by atoms with Crippen molar-refractivity contribution in [2.24, 2.45) is 5.92 Å². The molecular formula is C19H27N3O3. The Bertz CT molecular complexity index is 606. The van der Waals surface area contributed by atoms with Gasteiger partial charge in [-0.05, 0) is 31.0 Å². The Morgan fingerprint density at radius 3 is 2.20 bits per heavy atom. The lowest BCUT2D eigenvalue weighted by molar-refractivity contribution is -0.122. The molecule has 6 heteroatoms. The first-order valence-corrected chi connectivity index (χ1v) is 9.41. The van der Waals surface area contributed by atoms with Crippen molar-refractivity contribution >= 4 is 23.0 Å². The molecule has 6 nitrogen and oxygen atoms in total. The molecule has 0 unspecified atom stereocenters. The maximum absolute atomic E-state index is 12.4. The molecule has 0 bridgehead atoms. The fourth-order valence-electron chi connectivity index (χ4n) is 3.62. The molecule has 25 heavy (non-hydrogen) atoms.